The fourth-order valence-electron chi connectivity index (χ4n) is 12.1. The van der Waals surface area contributed by atoms with E-state index in [1.54, 1.807) is 0 Å². The van der Waals surface area contributed by atoms with Gasteiger partial charge in [0.2, 0.25) is 0 Å². The Hall–Kier alpha value is -4.46. The molecule has 62 heavy (non-hydrogen) atoms. The van der Waals surface area contributed by atoms with Crippen LogP contribution < -0.4 is 16.2 Å². The van der Waals surface area contributed by atoms with Crippen LogP contribution in [-0.4, -0.2) is 45.8 Å². The van der Waals surface area contributed by atoms with Crippen LogP contribution in [-0.2, 0) is 27.8 Å². The van der Waals surface area contributed by atoms with E-state index in [2.05, 4.69) is 61.5 Å². The molecule has 0 aliphatic heterocycles. The van der Waals surface area contributed by atoms with Gasteiger partial charge < -0.3 is 31.0 Å². The van der Waals surface area contributed by atoms with Crippen LogP contribution >= 0.6 is 0 Å². The van der Waals surface area contributed by atoms with E-state index >= 15 is 0 Å². The summed E-state index contributed by atoms with van der Waals surface area (Å²) in [5.41, 5.74) is 10.7. The number of aromatic hydroxyl groups is 1. The minimum absolute atomic E-state index is 0.0440. The SMILES string of the molecule is CCCCCc1cc([C@@H]2Cc3cccc(c3)[C@@]3(CC[C@H]4C=c5ccccc5=C(O)[C@@H]4C3)[C@@H](C(=O)O)[C@H](CO)C=CC[C@@H]2CCCCC[C@H](C=O)[C@H]2C=C(CCN)CC2)ccc1O. The molecule has 3 aromatic carbocycles. The third-order valence-electron chi connectivity index (χ3n) is 15.5. The first-order valence-corrected chi connectivity index (χ1v) is 24.0. The number of allylic oxidation sites excluding steroid dienone is 2. The molecular weight excluding hydrogens is 771 g/mol. The van der Waals surface area contributed by atoms with Gasteiger partial charge in [0.25, 0.3) is 0 Å². The van der Waals surface area contributed by atoms with E-state index in [4.69, 9.17) is 5.73 Å². The fraction of sp³-hybridized carbons (Fsp3) is 0.527. The molecule has 2 bridgehead atoms. The average molecular weight is 842 g/mol. The van der Waals surface area contributed by atoms with Crippen LogP contribution in [0.5, 0.6) is 5.75 Å². The number of phenolic OH excluding ortho intramolecular Hbond substituents is 1. The molecule has 4 aliphatic rings. The van der Waals surface area contributed by atoms with Crippen LogP contribution in [0.1, 0.15) is 131 Å². The third kappa shape index (κ3) is 10.2. The van der Waals surface area contributed by atoms with Gasteiger partial charge in [-0.25, -0.2) is 0 Å². The van der Waals surface area contributed by atoms with Crippen molar-refractivity contribution in [2.75, 3.05) is 13.2 Å². The minimum atomic E-state index is -0.916. The van der Waals surface area contributed by atoms with Crippen LogP contribution in [0.4, 0.5) is 0 Å². The Kier molecular flexibility index (Phi) is 15.6. The van der Waals surface area contributed by atoms with E-state index in [1.807, 2.05) is 36.4 Å². The number of hydrogen-bond donors (Lipinski definition) is 5. The molecule has 332 valence electrons. The standard InChI is InChI=1S/C55H71NO6/c1-2-3-5-15-44-33-42(23-24-51(44)59)49-31-38-12-10-19-47(30-38)55(27-25-43-32-41-14-8-9-20-48(41)53(60)50(43)34-55)52(54(61)62)46(36-58)18-11-17-39(49)13-6-4-7-16-45(35-57)40-22-21-37(29-40)26-28-56/h8-12,14,18-20,23-24,29-30,32-33,35,39-40,43,45-46,49-50,52,58-60H,2-7,13,15-17,21-22,25-28,31,34,36,56H2,1H3,(H,61,62)/t39-,40+,43-,45+,46-,49+,50+,52+,55-/m0/s1. The zero-order valence-electron chi connectivity index (χ0n) is 37.0. The number of carboxylic acid groups (broad SMARTS) is 1. The van der Waals surface area contributed by atoms with E-state index < -0.39 is 23.2 Å². The first kappa shape index (κ1) is 45.6. The molecule has 1 fully saturated rings. The maximum Gasteiger partial charge on any atom is 0.308 e. The number of aldehydes is 1. The predicted molar refractivity (Wildman–Crippen MR) is 249 cm³/mol. The van der Waals surface area contributed by atoms with E-state index in [1.165, 1.54) is 17.4 Å². The number of hydrogen-bond acceptors (Lipinski definition) is 6. The van der Waals surface area contributed by atoms with E-state index in [9.17, 15) is 30.0 Å². The Morgan fingerprint density at radius 3 is 2.58 bits per heavy atom. The Bertz CT molecular complexity index is 2190. The number of carbonyl (C=O) groups excluding carboxylic acids is 1. The summed E-state index contributed by atoms with van der Waals surface area (Å²) < 4.78 is 0. The summed E-state index contributed by atoms with van der Waals surface area (Å²) in [5, 5.41) is 47.1. The molecule has 3 aromatic rings. The lowest BCUT2D eigenvalue weighted by Gasteiger charge is -2.49. The first-order chi connectivity index (χ1) is 30.2. The summed E-state index contributed by atoms with van der Waals surface area (Å²) in [5.74, 6) is -1.17. The zero-order valence-corrected chi connectivity index (χ0v) is 37.0. The molecule has 1 spiro atoms. The van der Waals surface area contributed by atoms with Crippen molar-refractivity contribution in [3.05, 3.63) is 123 Å². The molecule has 0 aromatic heterocycles. The maximum absolute atomic E-state index is 13.7. The molecule has 6 N–H and O–H groups in total. The summed E-state index contributed by atoms with van der Waals surface area (Å²) in [6.45, 7) is 2.56. The number of fused-ring (bicyclic) bond motifs is 5. The Labute approximate surface area is 369 Å². The van der Waals surface area contributed by atoms with Gasteiger partial charge in [-0.3, -0.25) is 4.79 Å². The topological polar surface area (TPSA) is 141 Å². The molecule has 0 unspecified atom stereocenters. The summed E-state index contributed by atoms with van der Waals surface area (Å²) in [6, 6.07) is 22.8. The Morgan fingerprint density at radius 1 is 0.935 bits per heavy atom. The van der Waals surface area contributed by atoms with Gasteiger partial charge in [0.05, 0.1) is 12.5 Å². The normalized spacial score (nSPS) is 27.6. The quantitative estimate of drug-likeness (QED) is 0.0518. The van der Waals surface area contributed by atoms with Crippen LogP contribution in [0, 0.1) is 41.4 Å². The van der Waals surface area contributed by atoms with Crippen LogP contribution in [0.3, 0.4) is 0 Å². The molecule has 4 aliphatic carbocycles. The predicted octanol–water partition coefficient (Wildman–Crippen LogP) is 9.60. The molecule has 0 saturated heterocycles. The molecule has 0 radical (unpaired) electrons. The summed E-state index contributed by atoms with van der Waals surface area (Å²) in [4.78, 5) is 26.0. The highest BCUT2D eigenvalue weighted by Gasteiger charge is 2.53. The van der Waals surface area contributed by atoms with Gasteiger partial charge in [-0.2, -0.15) is 0 Å². The van der Waals surface area contributed by atoms with Gasteiger partial charge in [0.15, 0.2) is 0 Å². The van der Waals surface area contributed by atoms with Gasteiger partial charge >= 0.3 is 5.97 Å². The average Bonchev–Trinajstić information content (AvgIpc) is 3.75. The highest BCUT2D eigenvalue weighted by Crippen LogP contribution is 2.54. The van der Waals surface area contributed by atoms with Crippen molar-refractivity contribution >= 4 is 24.1 Å². The lowest BCUT2D eigenvalue weighted by atomic mass is 9.53. The number of carboxylic acids is 1. The Balaban J connectivity index is 1.22. The van der Waals surface area contributed by atoms with Gasteiger partial charge in [0.1, 0.15) is 17.8 Å². The van der Waals surface area contributed by atoms with Gasteiger partial charge in [-0.15, -0.1) is 0 Å². The Morgan fingerprint density at radius 2 is 1.79 bits per heavy atom. The van der Waals surface area contributed by atoms with Gasteiger partial charge in [-0.05, 0) is 141 Å². The van der Waals surface area contributed by atoms with Crippen molar-refractivity contribution in [3.63, 3.8) is 0 Å². The molecular formula is C55H71NO6. The molecule has 0 amide bonds. The second kappa shape index (κ2) is 21.3. The molecule has 1 saturated carbocycles. The number of nitrogens with two attached hydrogens (primary N) is 1. The molecule has 0 heterocycles. The number of benzene rings is 3. The summed E-state index contributed by atoms with van der Waals surface area (Å²) >= 11 is 0. The number of unbranched alkanes of at least 4 members (excludes halogenated alkanes) is 4. The van der Waals surface area contributed by atoms with E-state index in [-0.39, 0.29) is 36.2 Å². The van der Waals surface area contributed by atoms with Gasteiger partial charge in [-0.1, -0.05) is 130 Å². The second-order valence-electron chi connectivity index (χ2n) is 19.3. The molecule has 9 atom stereocenters. The van der Waals surface area contributed by atoms with Crippen LogP contribution in [0.2, 0.25) is 0 Å². The van der Waals surface area contributed by atoms with Crippen molar-refractivity contribution in [3.8, 4) is 5.75 Å². The fourth-order valence-corrected chi connectivity index (χ4v) is 12.1. The lowest BCUT2D eigenvalue weighted by Crippen LogP contribution is -2.51. The van der Waals surface area contributed by atoms with E-state index in [0.29, 0.717) is 36.8 Å². The van der Waals surface area contributed by atoms with Crippen molar-refractivity contribution in [1.82, 2.24) is 0 Å². The monoisotopic (exact) mass is 842 g/mol. The highest BCUT2D eigenvalue weighted by molar-refractivity contribution is 5.74. The number of aliphatic hydroxyl groups excluding tert-OH is 2. The van der Waals surface area contributed by atoms with Crippen LogP contribution in [0.25, 0.3) is 11.8 Å². The highest BCUT2D eigenvalue weighted by atomic mass is 16.4. The van der Waals surface area contributed by atoms with Crippen molar-refractivity contribution in [1.29, 1.82) is 0 Å². The smallest absolute Gasteiger partial charge is 0.308 e. The second-order valence-corrected chi connectivity index (χ2v) is 19.3. The number of carbonyl (C=O) groups is 2. The van der Waals surface area contributed by atoms with Gasteiger partial charge in [0, 0.05) is 28.4 Å². The number of phenols is 1. The first-order valence-electron chi connectivity index (χ1n) is 24.0. The van der Waals surface area contributed by atoms with Crippen molar-refractivity contribution in [2.45, 2.75) is 127 Å². The number of rotatable bonds is 17. The molecule has 7 heteroatoms. The minimum Gasteiger partial charge on any atom is -0.511 e. The molecule has 7 rings (SSSR count). The van der Waals surface area contributed by atoms with E-state index in [0.717, 1.165) is 123 Å². The number of aliphatic hydroxyl groups is 2. The van der Waals surface area contributed by atoms with Crippen molar-refractivity contribution in [2.24, 2.45) is 47.2 Å². The maximum atomic E-state index is 13.7. The van der Waals surface area contributed by atoms with Crippen LogP contribution in [0.15, 0.2) is 90.5 Å². The lowest BCUT2D eigenvalue weighted by molar-refractivity contribution is -0.148. The largest absolute Gasteiger partial charge is 0.511 e. The zero-order chi connectivity index (χ0) is 43.6. The molecule has 7 nitrogen and oxygen atoms in total. The van der Waals surface area contributed by atoms with Crippen molar-refractivity contribution < 1.29 is 30.0 Å². The number of aryl methyl sites for hydroxylation is 1. The number of aliphatic carboxylic acids is 1. The summed E-state index contributed by atoms with van der Waals surface area (Å²) in [6.07, 6.45) is 25.2. The summed E-state index contributed by atoms with van der Waals surface area (Å²) in [7, 11) is 0. The third-order valence-corrected chi connectivity index (χ3v) is 15.5.